The van der Waals surface area contributed by atoms with E-state index in [1.54, 1.807) is 30.3 Å². The molecule has 4 rings (SSSR count). The Balaban J connectivity index is 1.53. The van der Waals surface area contributed by atoms with Crippen LogP contribution in [-0.2, 0) is 5.75 Å². The SMILES string of the molecule is O=C(Nc1ccc2nc(SCc3ccc(F)cc3)sc2c1)c1cccc([N+](=O)[O-])c1C(=O)O. The Bertz CT molecular complexity index is 1390. The van der Waals surface area contributed by atoms with Gasteiger partial charge in [-0.15, -0.1) is 11.3 Å². The molecule has 4 aromatic rings. The van der Waals surface area contributed by atoms with Crippen LogP contribution in [0.15, 0.2) is 65.0 Å². The van der Waals surface area contributed by atoms with Crippen molar-refractivity contribution in [3.8, 4) is 0 Å². The molecule has 0 aliphatic carbocycles. The van der Waals surface area contributed by atoms with Crippen molar-refractivity contribution in [1.29, 1.82) is 0 Å². The van der Waals surface area contributed by atoms with Crippen LogP contribution in [0.1, 0.15) is 26.3 Å². The molecule has 3 aromatic carbocycles. The molecule has 0 unspecified atom stereocenters. The second-order valence-corrected chi connectivity index (χ2v) is 9.05. The number of thiazole rings is 1. The van der Waals surface area contributed by atoms with E-state index < -0.39 is 28.1 Å². The number of thioether (sulfide) groups is 1. The first-order valence-electron chi connectivity index (χ1n) is 9.41. The highest BCUT2D eigenvalue weighted by Crippen LogP contribution is 2.33. The summed E-state index contributed by atoms with van der Waals surface area (Å²) in [5, 5.41) is 23.1. The third kappa shape index (κ3) is 4.99. The van der Waals surface area contributed by atoms with Crippen molar-refractivity contribution in [2.75, 3.05) is 5.32 Å². The van der Waals surface area contributed by atoms with Gasteiger partial charge in [-0.05, 0) is 42.0 Å². The highest BCUT2D eigenvalue weighted by Gasteiger charge is 2.27. The van der Waals surface area contributed by atoms with Crippen LogP contribution in [0, 0.1) is 15.9 Å². The number of carbonyl (C=O) groups excluding carboxylic acids is 1. The number of aromatic carboxylic acids is 1. The molecule has 11 heteroatoms. The predicted molar refractivity (Wildman–Crippen MR) is 124 cm³/mol. The lowest BCUT2D eigenvalue weighted by Crippen LogP contribution is -2.17. The van der Waals surface area contributed by atoms with Crippen LogP contribution >= 0.6 is 23.1 Å². The zero-order valence-electron chi connectivity index (χ0n) is 16.6. The normalized spacial score (nSPS) is 10.8. The van der Waals surface area contributed by atoms with Crippen LogP contribution in [0.25, 0.3) is 10.2 Å². The molecule has 8 nitrogen and oxygen atoms in total. The molecule has 0 aliphatic rings. The number of amides is 1. The number of anilines is 1. The van der Waals surface area contributed by atoms with E-state index in [0.29, 0.717) is 11.4 Å². The molecule has 0 spiro atoms. The topological polar surface area (TPSA) is 122 Å². The van der Waals surface area contributed by atoms with Gasteiger partial charge in [0.1, 0.15) is 11.4 Å². The number of aromatic nitrogens is 1. The van der Waals surface area contributed by atoms with Crippen LogP contribution in [0.2, 0.25) is 0 Å². The average Bonchev–Trinajstić information content (AvgIpc) is 3.20. The van der Waals surface area contributed by atoms with Crippen molar-refractivity contribution in [2.45, 2.75) is 10.1 Å². The lowest BCUT2D eigenvalue weighted by molar-refractivity contribution is -0.385. The quantitative estimate of drug-likeness (QED) is 0.200. The fourth-order valence-electron chi connectivity index (χ4n) is 3.07. The number of hydrogen-bond donors (Lipinski definition) is 2. The van der Waals surface area contributed by atoms with E-state index in [1.807, 2.05) is 0 Å². The maximum atomic E-state index is 13.0. The van der Waals surface area contributed by atoms with Gasteiger partial charge in [0.15, 0.2) is 4.34 Å². The van der Waals surface area contributed by atoms with E-state index in [9.17, 15) is 29.2 Å². The number of rotatable bonds is 7. The molecule has 0 saturated carbocycles. The molecule has 33 heavy (non-hydrogen) atoms. The van der Waals surface area contributed by atoms with Gasteiger partial charge in [-0.2, -0.15) is 0 Å². The van der Waals surface area contributed by atoms with Crippen molar-refractivity contribution >= 4 is 56.6 Å². The largest absolute Gasteiger partial charge is 0.477 e. The molecule has 1 aromatic heterocycles. The maximum absolute atomic E-state index is 13.0. The highest BCUT2D eigenvalue weighted by molar-refractivity contribution is 8.00. The van der Waals surface area contributed by atoms with E-state index in [0.717, 1.165) is 26.2 Å². The Kier molecular flexibility index (Phi) is 6.33. The molecule has 1 heterocycles. The van der Waals surface area contributed by atoms with Crippen molar-refractivity contribution < 1.29 is 24.0 Å². The zero-order chi connectivity index (χ0) is 23.5. The number of carboxylic acid groups (broad SMARTS) is 1. The van der Waals surface area contributed by atoms with E-state index in [-0.39, 0.29) is 11.4 Å². The Labute approximate surface area is 194 Å². The van der Waals surface area contributed by atoms with Gasteiger partial charge >= 0.3 is 5.97 Å². The van der Waals surface area contributed by atoms with E-state index in [4.69, 9.17) is 0 Å². The van der Waals surface area contributed by atoms with Crippen molar-refractivity contribution in [3.05, 3.63) is 93.3 Å². The minimum atomic E-state index is -1.56. The smallest absolute Gasteiger partial charge is 0.343 e. The van der Waals surface area contributed by atoms with E-state index in [2.05, 4.69) is 10.3 Å². The zero-order valence-corrected chi connectivity index (χ0v) is 18.3. The molecule has 0 atom stereocenters. The highest BCUT2D eigenvalue weighted by atomic mass is 32.2. The summed E-state index contributed by atoms with van der Waals surface area (Å²) in [6, 6.07) is 14.8. The number of carboxylic acids is 1. The van der Waals surface area contributed by atoms with Crippen LogP contribution in [-0.4, -0.2) is 26.9 Å². The maximum Gasteiger partial charge on any atom is 0.343 e. The summed E-state index contributed by atoms with van der Waals surface area (Å²) in [7, 11) is 0. The van der Waals surface area contributed by atoms with Gasteiger partial charge in [0.25, 0.3) is 11.6 Å². The molecule has 166 valence electrons. The minimum Gasteiger partial charge on any atom is -0.477 e. The van der Waals surface area contributed by atoms with Crippen molar-refractivity contribution in [1.82, 2.24) is 4.98 Å². The fourth-order valence-corrected chi connectivity index (χ4v) is 5.14. The molecule has 0 saturated heterocycles. The minimum absolute atomic E-state index is 0.293. The first-order chi connectivity index (χ1) is 15.8. The number of fused-ring (bicyclic) bond motifs is 1. The summed E-state index contributed by atoms with van der Waals surface area (Å²) < 4.78 is 14.6. The molecular formula is C22H14FN3O5S2. The lowest BCUT2D eigenvalue weighted by atomic mass is 10.0. The number of nitrogens with one attached hydrogen (secondary N) is 1. The van der Waals surface area contributed by atoms with Gasteiger partial charge in [-0.3, -0.25) is 14.9 Å². The number of halogens is 1. The van der Waals surface area contributed by atoms with Gasteiger partial charge in [0.2, 0.25) is 0 Å². The predicted octanol–water partition coefficient (Wildman–Crippen LogP) is 5.59. The molecule has 0 bridgehead atoms. The average molecular weight is 484 g/mol. The van der Waals surface area contributed by atoms with Gasteiger partial charge in [0, 0.05) is 17.5 Å². The number of carbonyl (C=O) groups is 2. The molecule has 0 fully saturated rings. The second-order valence-electron chi connectivity index (χ2n) is 6.79. The third-order valence-corrected chi connectivity index (χ3v) is 6.83. The van der Waals surface area contributed by atoms with Gasteiger partial charge in [-0.25, -0.2) is 14.2 Å². The first-order valence-corrected chi connectivity index (χ1v) is 11.2. The number of hydrogen-bond acceptors (Lipinski definition) is 7. The number of benzene rings is 3. The van der Waals surface area contributed by atoms with Crippen LogP contribution < -0.4 is 5.32 Å². The van der Waals surface area contributed by atoms with Crippen LogP contribution in [0.3, 0.4) is 0 Å². The molecule has 2 N–H and O–H groups in total. The summed E-state index contributed by atoms with van der Waals surface area (Å²) in [4.78, 5) is 39.1. The molecule has 0 radical (unpaired) electrons. The van der Waals surface area contributed by atoms with Gasteiger partial charge in [0.05, 0.1) is 20.7 Å². The summed E-state index contributed by atoms with van der Waals surface area (Å²) in [5.41, 5.74) is 0.445. The molecule has 1 amide bonds. The summed E-state index contributed by atoms with van der Waals surface area (Å²) in [6.45, 7) is 0. The Hall–Kier alpha value is -3.83. The molecular weight excluding hydrogens is 469 g/mol. The number of nitro groups is 1. The summed E-state index contributed by atoms with van der Waals surface area (Å²) in [6.07, 6.45) is 0. The Morgan fingerprint density at radius 3 is 2.61 bits per heavy atom. The summed E-state index contributed by atoms with van der Waals surface area (Å²) in [5.74, 6) is -2.01. The van der Waals surface area contributed by atoms with Crippen molar-refractivity contribution in [3.63, 3.8) is 0 Å². The number of nitrogens with zero attached hydrogens (tertiary/aromatic N) is 2. The fraction of sp³-hybridized carbons (Fsp3) is 0.0455. The number of nitro benzene ring substituents is 1. The standard InChI is InChI=1S/C22H14FN3O5S2/c23-13-6-4-12(5-7-13)11-32-22-25-16-9-8-14(10-18(16)33-22)24-20(27)15-2-1-3-17(26(30)31)19(15)21(28)29/h1-10H,11H2,(H,24,27)(H,28,29). The van der Waals surface area contributed by atoms with Gasteiger partial charge < -0.3 is 10.4 Å². The van der Waals surface area contributed by atoms with E-state index >= 15 is 0 Å². The van der Waals surface area contributed by atoms with Gasteiger partial charge in [-0.1, -0.05) is 30.0 Å². The second kappa shape index (κ2) is 9.35. The summed E-state index contributed by atoms with van der Waals surface area (Å²) >= 11 is 2.91. The lowest BCUT2D eigenvalue weighted by Gasteiger charge is -2.08. The van der Waals surface area contributed by atoms with Crippen LogP contribution in [0.4, 0.5) is 15.8 Å². The molecule has 0 aliphatic heterocycles. The first kappa shape index (κ1) is 22.4. The Morgan fingerprint density at radius 1 is 1.15 bits per heavy atom. The van der Waals surface area contributed by atoms with Crippen molar-refractivity contribution in [2.24, 2.45) is 0 Å². The Morgan fingerprint density at radius 2 is 1.91 bits per heavy atom. The third-order valence-electron chi connectivity index (χ3n) is 4.60. The monoisotopic (exact) mass is 483 g/mol. The van der Waals surface area contributed by atoms with Crippen LogP contribution in [0.5, 0.6) is 0 Å². The van der Waals surface area contributed by atoms with E-state index in [1.165, 1.54) is 47.4 Å².